The first kappa shape index (κ1) is 29.5. The number of hydrogen-bond acceptors (Lipinski definition) is 7. The van der Waals surface area contributed by atoms with Crippen LogP contribution in [0.2, 0.25) is 0 Å². The third kappa shape index (κ3) is 9.29. The molecule has 5 atom stereocenters. The fourth-order valence-corrected chi connectivity index (χ4v) is 4.76. The van der Waals surface area contributed by atoms with Crippen molar-refractivity contribution in [2.45, 2.75) is 70.3 Å². The van der Waals surface area contributed by atoms with Crippen LogP contribution in [0.15, 0.2) is 91.0 Å². The largest absolute Gasteiger partial charge is 0.396 e. The van der Waals surface area contributed by atoms with Gasteiger partial charge in [-0.25, -0.2) is 0 Å². The lowest BCUT2D eigenvalue weighted by Gasteiger charge is -2.46. The van der Waals surface area contributed by atoms with Crippen molar-refractivity contribution in [3.63, 3.8) is 0 Å². The lowest BCUT2D eigenvalue weighted by molar-refractivity contribution is -0.322. The molecule has 4 rings (SSSR count). The Morgan fingerprint density at radius 2 is 1.15 bits per heavy atom. The third-order valence-electron chi connectivity index (χ3n) is 6.52. The van der Waals surface area contributed by atoms with Crippen LogP contribution in [0.3, 0.4) is 0 Å². The first-order chi connectivity index (χ1) is 19.1. The van der Waals surface area contributed by atoms with E-state index in [1.807, 2.05) is 97.9 Å². The van der Waals surface area contributed by atoms with E-state index in [9.17, 15) is 5.11 Å². The molecule has 7 heteroatoms. The average Bonchev–Trinajstić information content (AvgIpc) is 2.96. The first-order valence-corrected chi connectivity index (χ1v) is 13.9. The van der Waals surface area contributed by atoms with Gasteiger partial charge in [-0.05, 0) is 34.9 Å². The van der Waals surface area contributed by atoms with Gasteiger partial charge in [0.25, 0.3) is 0 Å². The molecule has 0 unspecified atom stereocenters. The first-order valence-electron chi connectivity index (χ1n) is 13.5. The van der Waals surface area contributed by atoms with E-state index in [2.05, 4.69) is 0 Å². The molecule has 208 valence electrons. The Labute approximate surface area is 236 Å². The van der Waals surface area contributed by atoms with Crippen molar-refractivity contribution in [1.82, 2.24) is 0 Å². The second-order valence-corrected chi connectivity index (χ2v) is 10.4. The van der Waals surface area contributed by atoms with E-state index >= 15 is 0 Å². The van der Waals surface area contributed by atoms with Gasteiger partial charge in [0.05, 0.1) is 32.5 Å². The molecule has 0 saturated carbocycles. The van der Waals surface area contributed by atoms with Crippen LogP contribution in [0.4, 0.5) is 0 Å². The van der Waals surface area contributed by atoms with Gasteiger partial charge >= 0.3 is 0 Å². The maximum absolute atomic E-state index is 9.35. The summed E-state index contributed by atoms with van der Waals surface area (Å²) in [5.74, 6) is 0. The monoisotopic (exact) mass is 550 g/mol. The quantitative estimate of drug-likeness (QED) is 0.194. The van der Waals surface area contributed by atoms with Gasteiger partial charge in [0.15, 0.2) is 6.29 Å². The van der Waals surface area contributed by atoms with Crippen molar-refractivity contribution in [2.75, 3.05) is 13.2 Å². The van der Waals surface area contributed by atoms with Gasteiger partial charge in [0, 0.05) is 13.0 Å². The number of aliphatic hydroxyl groups is 1. The van der Waals surface area contributed by atoms with Gasteiger partial charge in [-0.15, -0.1) is 0 Å². The van der Waals surface area contributed by atoms with Gasteiger partial charge in [-0.3, -0.25) is 0 Å². The summed E-state index contributed by atoms with van der Waals surface area (Å²) in [6, 6.07) is 30.1. The van der Waals surface area contributed by atoms with E-state index in [1.54, 1.807) is 0 Å². The maximum Gasteiger partial charge on any atom is 0.186 e. The van der Waals surface area contributed by atoms with E-state index in [0.717, 1.165) is 21.6 Å². The van der Waals surface area contributed by atoms with Crippen LogP contribution < -0.4 is 0 Å². The highest BCUT2D eigenvalue weighted by molar-refractivity contribution is 7.80. The zero-order valence-electron chi connectivity index (χ0n) is 22.4. The molecule has 6 nitrogen and oxygen atoms in total. The summed E-state index contributed by atoms with van der Waals surface area (Å²) >= 11 is 5.49. The number of rotatable bonds is 15. The van der Waals surface area contributed by atoms with E-state index < -0.39 is 24.6 Å². The molecular weight excluding hydrogens is 512 g/mol. The molecule has 1 heterocycles. The minimum Gasteiger partial charge on any atom is -0.396 e. The Kier molecular flexibility index (Phi) is 12.1. The molecule has 1 saturated heterocycles. The highest BCUT2D eigenvalue weighted by Crippen LogP contribution is 2.32. The fraction of sp³-hybridized carbons (Fsp3) is 0.406. The lowest BCUT2D eigenvalue weighted by atomic mass is 9.95. The standard InChI is InChI=1S/C32H38O6S/c1-24(39)20-28-29(35-21-25-12-5-2-6-13-25)30(36-22-26-14-7-3-8-15-26)31(32(38-28)34-19-11-18-33)37-23-27-16-9-4-10-17-27/h2-10,12-17,28-33H,11,18-23H2,1H3/t28-,29-,30+,31-,32+/m1/s1. The second-order valence-electron chi connectivity index (χ2n) is 9.68. The normalized spacial score (nSPS) is 23.0. The summed E-state index contributed by atoms with van der Waals surface area (Å²) < 4.78 is 32.3. The molecular formula is C32H38O6S. The van der Waals surface area contributed by atoms with Gasteiger partial charge in [-0.1, -0.05) is 103 Å². The molecule has 0 bridgehead atoms. The zero-order chi connectivity index (χ0) is 27.3. The molecule has 1 fully saturated rings. The van der Waals surface area contributed by atoms with Gasteiger partial charge < -0.3 is 28.8 Å². The van der Waals surface area contributed by atoms with Crippen LogP contribution in [0.25, 0.3) is 0 Å². The van der Waals surface area contributed by atoms with E-state index in [-0.39, 0.29) is 12.7 Å². The molecule has 3 aromatic rings. The SMILES string of the molecule is CC(=S)C[C@H]1O[C@H](OCCCO)[C@H](OCc2ccccc2)[C@@H](OCc2ccccc2)[C@@H]1OCc1ccccc1. The molecule has 0 aromatic heterocycles. The highest BCUT2D eigenvalue weighted by atomic mass is 32.1. The lowest BCUT2D eigenvalue weighted by Crippen LogP contribution is -2.61. The summed E-state index contributed by atoms with van der Waals surface area (Å²) in [4.78, 5) is 0.813. The van der Waals surface area contributed by atoms with Crippen LogP contribution in [-0.2, 0) is 43.5 Å². The molecule has 0 aliphatic carbocycles. The predicted molar refractivity (Wildman–Crippen MR) is 154 cm³/mol. The maximum atomic E-state index is 9.35. The molecule has 39 heavy (non-hydrogen) atoms. The van der Waals surface area contributed by atoms with Crippen molar-refractivity contribution < 1.29 is 28.8 Å². The highest BCUT2D eigenvalue weighted by Gasteiger charge is 2.49. The number of thiocarbonyl (C=S) groups is 1. The van der Waals surface area contributed by atoms with E-state index in [4.69, 9.17) is 35.9 Å². The predicted octanol–water partition coefficient (Wildman–Crippen LogP) is 5.65. The third-order valence-corrected chi connectivity index (χ3v) is 6.69. The summed E-state index contributed by atoms with van der Waals surface area (Å²) in [5, 5.41) is 9.35. The van der Waals surface area contributed by atoms with Gasteiger partial charge in [0.1, 0.15) is 18.3 Å². The minimum atomic E-state index is -0.711. The van der Waals surface area contributed by atoms with Crippen LogP contribution in [0.1, 0.15) is 36.5 Å². The molecule has 1 N–H and O–H groups in total. The van der Waals surface area contributed by atoms with Crippen molar-refractivity contribution in [3.8, 4) is 0 Å². The van der Waals surface area contributed by atoms with Crippen molar-refractivity contribution in [1.29, 1.82) is 0 Å². The van der Waals surface area contributed by atoms with Crippen LogP contribution in [0.5, 0.6) is 0 Å². The van der Waals surface area contributed by atoms with Crippen molar-refractivity contribution >= 4 is 17.1 Å². The molecule has 1 aliphatic rings. The summed E-state index contributed by atoms with van der Waals surface area (Å²) in [7, 11) is 0. The van der Waals surface area contributed by atoms with Crippen molar-refractivity contribution in [2.24, 2.45) is 0 Å². The second kappa shape index (κ2) is 15.9. The average molecular weight is 551 g/mol. The summed E-state index contributed by atoms with van der Waals surface area (Å²) in [5.41, 5.74) is 3.14. The Morgan fingerprint density at radius 1 is 0.692 bits per heavy atom. The van der Waals surface area contributed by atoms with Crippen LogP contribution in [-0.4, -0.2) is 53.9 Å². The number of aliphatic hydroxyl groups excluding tert-OH is 1. The van der Waals surface area contributed by atoms with Crippen LogP contribution >= 0.6 is 12.2 Å². The van der Waals surface area contributed by atoms with E-state index in [1.165, 1.54) is 0 Å². The Bertz CT molecular complexity index is 1100. The number of hydrogen-bond donors (Lipinski definition) is 1. The molecule has 0 spiro atoms. The Morgan fingerprint density at radius 3 is 1.62 bits per heavy atom. The minimum absolute atomic E-state index is 0.0292. The number of ether oxygens (including phenoxy) is 5. The number of benzene rings is 3. The summed E-state index contributed by atoms with van der Waals surface area (Å²) in [6.45, 7) is 3.41. The molecule has 0 amide bonds. The zero-order valence-corrected chi connectivity index (χ0v) is 23.2. The van der Waals surface area contributed by atoms with Gasteiger partial charge in [-0.2, -0.15) is 0 Å². The summed E-state index contributed by atoms with van der Waals surface area (Å²) in [6.07, 6.45) is -1.61. The van der Waals surface area contributed by atoms with E-state index in [0.29, 0.717) is 39.3 Å². The molecule has 1 aliphatic heterocycles. The van der Waals surface area contributed by atoms with Crippen LogP contribution in [0, 0.1) is 0 Å². The Hall–Kier alpha value is -2.49. The van der Waals surface area contributed by atoms with Crippen molar-refractivity contribution in [3.05, 3.63) is 108 Å². The van der Waals surface area contributed by atoms with Gasteiger partial charge in [0.2, 0.25) is 0 Å². The molecule has 3 aromatic carbocycles. The molecule has 0 radical (unpaired) electrons. The fourth-order valence-electron chi connectivity index (χ4n) is 4.59. The topological polar surface area (TPSA) is 66.4 Å². The Balaban J connectivity index is 1.63. The smallest absolute Gasteiger partial charge is 0.186 e.